The van der Waals surface area contributed by atoms with Crippen molar-refractivity contribution in [3.05, 3.63) is 47.0 Å². The molecule has 0 bridgehead atoms. The molecule has 1 atom stereocenters. The number of aryl methyl sites for hydroxylation is 1. The van der Waals surface area contributed by atoms with Crippen LogP contribution in [0.2, 0.25) is 0 Å². The summed E-state index contributed by atoms with van der Waals surface area (Å²) < 4.78 is 8.00. The molecule has 25 heavy (non-hydrogen) atoms. The lowest BCUT2D eigenvalue weighted by atomic mass is 10.0. The van der Waals surface area contributed by atoms with E-state index < -0.39 is 0 Å². The number of aromatic nitrogens is 2. The maximum Gasteiger partial charge on any atom is 0.258 e. The maximum absolute atomic E-state index is 12.5. The van der Waals surface area contributed by atoms with E-state index in [1.54, 1.807) is 29.3 Å². The highest BCUT2D eigenvalue weighted by Crippen LogP contribution is 2.32. The molecule has 0 aliphatic carbocycles. The molecule has 6 nitrogen and oxygen atoms in total. The summed E-state index contributed by atoms with van der Waals surface area (Å²) in [4.78, 5) is 14.7. The summed E-state index contributed by atoms with van der Waals surface area (Å²) in [5.41, 5.74) is 1.67. The molecule has 2 heterocycles. The molecule has 132 valence electrons. The van der Waals surface area contributed by atoms with Gasteiger partial charge in [-0.05, 0) is 36.5 Å². The second-order valence-corrected chi connectivity index (χ2v) is 7.01. The Bertz CT molecular complexity index is 884. The minimum Gasteiger partial charge on any atom is -0.479 e. The second kappa shape index (κ2) is 7.25. The van der Waals surface area contributed by atoms with Crippen molar-refractivity contribution in [1.82, 2.24) is 20.0 Å². The summed E-state index contributed by atoms with van der Waals surface area (Å²) in [6, 6.07) is 8.43. The van der Waals surface area contributed by atoms with E-state index in [4.69, 9.17) is 4.74 Å². The fourth-order valence-corrected chi connectivity index (χ4v) is 3.89. The Balaban J connectivity index is 1.80. The second-order valence-electron chi connectivity index (χ2n) is 6.10. The Hall–Kier alpha value is -2.38. The highest BCUT2D eigenvalue weighted by atomic mass is 32.1. The van der Waals surface area contributed by atoms with Crippen molar-refractivity contribution in [2.45, 2.75) is 6.04 Å². The average molecular weight is 358 g/mol. The standard InChI is InChI=1S/C18H22N4O2S/c1-21(2)15(14-11-25-16-8-6-5-7-12(14)16)9-19-17(23)13-10-22(3)20-18(13)24-4/h5-8,10-11,15H,9H2,1-4H3,(H,19,23)/t15-/m0/s1. The number of carbonyl (C=O) groups excluding carboxylic acids is 1. The van der Waals surface area contributed by atoms with Gasteiger partial charge in [0, 0.05) is 24.5 Å². The summed E-state index contributed by atoms with van der Waals surface area (Å²) in [6.07, 6.45) is 1.67. The number of amides is 1. The van der Waals surface area contributed by atoms with Gasteiger partial charge in [-0.1, -0.05) is 18.2 Å². The molecule has 0 saturated heterocycles. The lowest BCUT2D eigenvalue weighted by molar-refractivity contribution is 0.0939. The first-order chi connectivity index (χ1) is 12.0. The fraction of sp³-hybridized carbons (Fsp3) is 0.333. The number of hydrogen-bond donors (Lipinski definition) is 1. The van der Waals surface area contributed by atoms with Crippen molar-refractivity contribution in [1.29, 1.82) is 0 Å². The van der Waals surface area contributed by atoms with Gasteiger partial charge >= 0.3 is 0 Å². The van der Waals surface area contributed by atoms with Gasteiger partial charge in [0.05, 0.1) is 13.2 Å². The van der Waals surface area contributed by atoms with Gasteiger partial charge in [0.1, 0.15) is 5.56 Å². The first-order valence-electron chi connectivity index (χ1n) is 7.99. The van der Waals surface area contributed by atoms with E-state index in [0.29, 0.717) is 18.0 Å². The van der Waals surface area contributed by atoms with Crippen LogP contribution in [0.25, 0.3) is 10.1 Å². The SMILES string of the molecule is COc1nn(C)cc1C(=O)NC[C@@H](c1csc2ccccc12)N(C)C. The van der Waals surface area contributed by atoms with Crippen LogP contribution >= 0.6 is 11.3 Å². The van der Waals surface area contributed by atoms with Crippen LogP contribution in [-0.2, 0) is 7.05 Å². The molecule has 0 aliphatic rings. The largest absolute Gasteiger partial charge is 0.479 e. The molecule has 0 fully saturated rings. The summed E-state index contributed by atoms with van der Waals surface area (Å²) >= 11 is 1.73. The highest BCUT2D eigenvalue weighted by Gasteiger charge is 2.21. The number of benzene rings is 1. The van der Waals surface area contributed by atoms with Gasteiger partial charge in [-0.3, -0.25) is 9.48 Å². The lowest BCUT2D eigenvalue weighted by Gasteiger charge is -2.24. The average Bonchev–Trinajstić information content (AvgIpc) is 3.18. The summed E-state index contributed by atoms with van der Waals surface area (Å²) in [5, 5.41) is 10.5. The molecule has 0 unspecified atom stereocenters. The van der Waals surface area contributed by atoms with Crippen molar-refractivity contribution in [3.63, 3.8) is 0 Å². The third-order valence-electron chi connectivity index (χ3n) is 4.18. The number of fused-ring (bicyclic) bond motifs is 1. The number of ether oxygens (including phenoxy) is 1. The minimum atomic E-state index is -0.184. The highest BCUT2D eigenvalue weighted by molar-refractivity contribution is 7.17. The normalized spacial score (nSPS) is 12.5. The van der Waals surface area contributed by atoms with Crippen molar-refractivity contribution in [2.24, 2.45) is 7.05 Å². The molecule has 2 aromatic heterocycles. The number of nitrogens with one attached hydrogen (secondary N) is 1. The Morgan fingerprint density at radius 3 is 2.88 bits per heavy atom. The van der Waals surface area contributed by atoms with E-state index in [9.17, 15) is 4.79 Å². The zero-order valence-corrected chi connectivity index (χ0v) is 15.6. The molecular weight excluding hydrogens is 336 g/mol. The topological polar surface area (TPSA) is 59.4 Å². The zero-order valence-electron chi connectivity index (χ0n) is 14.8. The van der Waals surface area contributed by atoms with Crippen LogP contribution in [0, 0.1) is 0 Å². The van der Waals surface area contributed by atoms with E-state index in [-0.39, 0.29) is 11.9 Å². The number of rotatable bonds is 6. The molecule has 0 spiro atoms. The Kier molecular flexibility index (Phi) is 5.06. The molecule has 0 saturated carbocycles. The van der Waals surface area contributed by atoms with E-state index >= 15 is 0 Å². The molecular formula is C18H22N4O2S. The Morgan fingerprint density at radius 2 is 2.16 bits per heavy atom. The van der Waals surface area contributed by atoms with Crippen LogP contribution in [0.1, 0.15) is 22.0 Å². The molecule has 0 aliphatic heterocycles. The van der Waals surface area contributed by atoms with E-state index in [1.165, 1.54) is 22.8 Å². The van der Waals surface area contributed by atoms with Crippen molar-refractivity contribution >= 4 is 27.3 Å². The smallest absolute Gasteiger partial charge is 0.258 e. The number of carbonyl (C=O) groups is 1. The van der Waals surface area contributed by atoms with Crippen LogP contribution in [0.3, 0.4) is 0 Å². The predicted molar refractivity (Wildman–Crippen MR) is 100 cm³/mol. The first-order valence-corrected chi connectivity index (χ1v) is 8.87. The molecule has 1 N–H and O–H groups in total. The number of methoxy groups -OCH3 is 1. The van der Waals surface area contributed by atoms with E-state index in [2.05, 4.69) is 32.8 Å². The number of hydrogen-bond acceptors (Lipinski definition) is 5. The van der Waals surface area contributed by atoms with Gasteiger partial charge in [-0.15, -0.1) is 16.4 Å². The van der Waals surface area contributed by atoms with Crippen molar-refractivity contribution < 1.29 is 9.53 Å². The number of likely N-dealkylation sites (N-methyl/N-ethyl adjacent to an activating group) is 1. The van der Waals surface area contributed by atoms with Crippen LogP contribution in [-0.4, -0.2) is 48.3 Å². The molecule has 0 radical (unpaired) electrons. The summed E-state index contributed by atoms with van der Waals surface area (Å²) in [5.74, 6) is 0.152. The summed E-state index contributed by atoms with van der Waals surface area (Å²) in [7, 11) is 7.32. The fourth-order valence-electron chi connectivity index (χ4n) is 2.89. The first kappa shape index (κ1) is 17.4. The van der Waals surface area contributed by atoms with Gasteiger partial charge in [0.15, 0.2) is 0 Å². The van der Waals surface area contributed by atoms with Gasteiger partial charge < -0.3 is 15.0 Å². The predicted octanol–water partition coefficient (Wildman–Crippen LogP) is 2.68. The molecule has 1 amide bonds. The third kappa shape index (κ3) is 3.52. The Morgan fingerprint density at radius 1 is 1.40 bits per heavy atom. The Labute approximate surface area is 151 Å². The maximum atomic E-state index is 12.5. The van der Waals surface area contributed by atoms with Gasteiger partial charge in [-0.25, -0.2) is 0 Å². The zero-order chi connectivity index (χ0) is 18.0. The van der Waals surface area contributed by atoms with E-state index in [0.717, 1.165) is 0 Å². The van der Waals surface area contributed by atoms with Crippen LogP contribution in [0.5, 0.6) is 5.88 Å². The molecule has 3 rings (SSSR count). The lowest BCUT2D eigenvalue weighted by Crippen LogP contribution is -2.34. The molecule has 1 aromatic carbocycles. The van der Waals surface area contributed by atoms with Crippen LogP contribution < -0.4 is 10.1 Å². The van der Waals surface area contributed by atoms with Gasteiger partial charge in [0.2, 0.25) is 5.88 Å². The van der Waals surface area contributed by atoms with Gasteiger partial charge in [0.25, 0.3) is 5.91 Å². The molecule has 7 heteroatoms. The van der Waals surface area contributed by atoms with Crippen molar-refractivity contribution in [3.8, 4) is 5.88 Å². The monoisotopic (exact) mass is 358 g/mol. The van der Waals surface area contributed by atoms with Gasteiger partial charge in [-0.2, -0.15) is 0 Å². The summed E-state index contributed by atoms with van der Waals surface area (Å²) in [6.45, 7) is 0.505. The number of thiophene rings is 1. The number of nitrogens with zero attached hydrogens (tertiary/aromatic N) is 3. The van der Waals surface area contributed by atoms with Crippen LogP contribution in [0.15, 0.2) is 35.8 Å². The van der Waals surface area contributed by atoms with Crippen LogP contribution in [0.4, 0.5) is 0 Å². The third-order valence-corrected chi connectivity index (χ3v) is 5.16. The quantitative estimate of drug-likeness (QED) is 0.736. The minimum absolute atomic E-state index is 0.0859. The van der Waals surface area contributed by atoms with E-state index in [1.807, 2.05) is 26.2 Å². The van der Waals surface area contributed by atoms with Crippen molar-refractivity contribution in [2.75, 3.05) is 27.7 Å². The molecule has 3 aromatic rings.